The van der Waals surface area contributed by atoms with E-state index in [0.717, 1.165) is 12.8 Å². The number of nitro groups is 1. The predicted octanol–water partition coefficient (Wildman–Crippen LogP) is 4.14. The number of ether oxygens (including phenoxy) is 3. The van der Waals surface area contributed by atoms with Crippen LogP contribution in [0.25, 0.3) is 0 Å². The molecule has 0 saturated heterocycles. The summed E-state index contributed by atoms with van der Waals surface area (Å²) in [5, 5.41) is 15.8. The van der Waals surface area contributed by atoms with Gasteiger partial charge in [-0.25, -0.2) is 5.43 Å². The second-order valence-corrected chi connectivity index (χ2v) is 6.87. The van der Waals surface area contributed by atoms with E-state index < -0.39 is 10.8 Å². The maximum atomic E-state index is 12.2. The second-order valence-electron chi connectivity index (χ2n) is 6.46. The first-order valence-corrected chi connectivity index (χ1v) is 9.90. The molecule has 0 radical (unpaired) electrons. The molecule has 0 spiro atoms. The molecule has 0 bridgehead atoms. The number of hydrogen-bond acceptors (Lipinski definition) is 7. The zero-order valence-electron chi connectivity index (χ0n) is 17.5. The van der Waals surface area contributed by atoms with Crippen molar-refractivity contribution in [2.45, 2.75) is 26.2 Å². The van der Waals surface area contributed by atoms with Crippen molar-refractivity contribution in [2.75, 3.05) is 20.8 Å². The van der Waals surface area contributed by atoms with Crippen LogP contribution >= 0.6 is 11.6 Å². The van der Waals surface area contributed by atoms with Gasteiger partial charge >= 0.3 is 5.69 Å². The van der Waals surface area contributed by atoms with Crippen molar-refractivity contribution in [3.8, 4) is 17.2 Å². The fraction of sp³-hybridized carbons (Fsp3) is 0.333. The zero-order chi connectivity index (χ0) is 22.8. The van der Waals surface area contributed by atoms with E-state index in [1.807, 2.05) is 6.92 Å². The molecule has 1 N–H and O–H groups in total. The molecule has 2 aromatic rings. The van der Waals surface area contributed by atoms with E-state index in [0.29, 0.717) is 28.5 Å². The van der Waals surface area contributed by atoms with Gasteiger partial charge in [0, 0.05) is 16.7 Å². The van der Waals surface area contributed by atoms with Crippen LogP contribution in [0.2, 0.25) is 5.02 Å². The van der Waals surface area contributed by atoms with Gasteiger partial charge in [0.25, 0.3) is 0 Å². The van der Waals surface area contributed by atoms with Crippen molar-refractivity contribution < 1.29 is 23.9 Å². The summed E-state index contributed by atoms with van der Waals surface area (Å²) in [5.74, 6) is 0.444. The monoisotopic (exact) mass is 449 g/mol. The summed E-state index contributed by atoms with van der Waals surface area (Å²) in [5.41, 5.74) is 3.08. The lowest BCUT2D eigenvalue weighted by Gasteiger charge is -2.11. The third-order valence-electron chi connectivity index (χ3n) is 4.23. The summed E-state index contributed by atoms with van der Waals surface area (Å²) in [7, 11) is 2.91. The lowest BCUT2D eigenvalue weighted by Crippen LogP contribution is -2.20. The average Bonchev–Trinajstić information content (AvgIpc) is 2.75. The molecule has 166 valence electrons. The van der Waals surface area contributed by atoms with Gasteiger partial charge in [0.2, 0.25) is 11.7 Å². The Balaban J connectivity index is 2.13. The Bertz CT molecular complexity index is 964. The Morgan fingerprint density at radius 3 is 2.68 bits per heavy atom. The Labute approximate surface area is 185 Å². The minimum absolute atomic E-state index is 0.0128. The largest absolute Gasteiger partial charge is 0.497 e. The molecule has 1 amide bonds. The number of rotatable bonds is 11. The van der Waals surface area contributed by atoms with Crippen LogP contribution in [0.5, 0.6) is 17.2 Å². The molecule has 0 aromatic heterocycles. The van der Waals surface area contributed by atoms with E-state index in [1.54, 1.807) is 24.3 Å². The molecular formula is C21H24ClN3O6. The van der Waals surface area contributed by atoms with E-state index in [2.05, 4.69) is 10.5 Å². The highest BCUT2D eigenvalue weighted by Crippen LogP contribution is 2.38. The van der Waals surface area contributed by atoms with Gasteiger partial charge < -0.3 is 14.2 Å². The summed E-state index contributed by atoms with van der Waals surface area (Å²) < 4.78 is 15.9. The molecule has 0 saturated carbocycles. The van der Waals surface area contributed by atoms with Gasteiger partial charge in [0.05, 0.1) is 38.4 Å². The van der Waals surface area contributed by atoms with Crippen LogP contribution in [0, 0.1) is 10.1 Å². The van der Waals surface area contributed by atoms with Crippen LogP contribution in [0.15, 0.2) is 35.4 Å². The van der Waals surface area contributed by atoms with Crippen molar-refractivity contribution in [3.05, 3.63) is 56.6 Å². The summed E-state index contributed by atoms with van der Waals surface area (Å²) >= 11 is 6.10. The van der Waals surface area contributed by atoms with Crippen molar-refractivity contribution in [3.63, 3.8) is 0 Å². The van der Waals surface area contributed by atoms with Gasteiger partial charge in [-0.05, 0) is 36.2 Å². The standard InChI is InChI=1S/C21H24ClN3O6/c1-4-5-8-31-21-18(25(27)28)9-14(10-19(21)30-3)13-23-24-20(26)12-15-11-16(29-2)6-7-17(15)22/h6-7,9-11,13H,4-5,8,12H2,1-3H3,(H,24,26)/b23-13+. The van der Waals surface area contributed by atoms with Gasteiger partial charge in [-0.15, -0.1) is 0 Å². The SMILES string of the molecule is CCCCOc1c(OC)cc(/C=N/NC(=O)Cc2cc(OC)ccc2Cl)cc1[N+](=O)[O-]. The number of unbranched alkanes of at least 4 members (excludes halogenated alkanes) is 1. The molecule has 0 fully saturated rings. The topological polar surface area (TPSA) is 112 Å². The maximum Gasteiger partial charge on any atom is 0.315 e. The number of nitrogens with one attached hydrogen (secondary N) is 1. The number of hydrogen-bond donors (Lipinski definition) is 1. The van der Waals surface area contributed by atoms with Crippen LogP contribution in [-0.4, -0.2) is 37.9 Å². The molecule has 0 unspecified atom stereocenters. The highest BCUT2D eigenvalue weighted by Gasteiger charge is 2.22. The Hall–Kier alpha value is -3.33. The van der Waals surface area contributed by atoms with E-state index in [4.69, 9.17) is 25.8 Å². The highest BCUT2D eigenvalue weighted by molar-refractivity contribution is 6.31. The Kier molecular flexibility index (Phi) is 9.08. The van der Waals surface area contributed by atoms with E-state index in [9.17, 15) is 14.9 Å². The molecule has 0 atom stereocenters. The van der Waals surface area contributed by atoms with Gasteiger partial charge in [0.1, 0.15) is 5.75 Å². The van der Waals surface area contributed by atoms with Crippen molar-refractivity contribution in [1.29, 1.82) is 0 Å². The number of carbonyl (C=O) groups excluding carboxylic acids is 1. The molecule has 31 heavy (non-hydrogen) atoms. The normalized spacial score (nSPS) is 10.7. The van der Waals surface area contributed by atoms with Crippen LogP contribution in [0.4, 0.5) is 5.69 Å². The highest BCUT2D eigenvalue weighted by atomic mass is 35.5. The molecule has 0 aliphatic heterocycles. The lowest BCUT2D eigenvalue weighted by atomic mass is 10.1. The fourth-order valence-corrected chi connectivity index (χ4v) is 2.82. The molecule has 0 aliphatic carbocycles. The van der Waals surface area contributed by atoms with Gasteiger partial charge in [-0.2, -0.15) is 5.10 Å². The molecule has 9 nitrogen and oxygen atoms in total. The van der Waals surface area contributed by atoms with E-state index >= 15 is 0 Å². The Morgan fingerprint density at radius 1 is 1.26 bits per heavy atom. The minimum atomic E-state index is -0.551. The molecule has 0 aliphatic rings. The second kappa shape index (κ2) is 11.8. The van der Waals surface area contributed by atoms with Crippen molar-refractivity contribution in [1.82, 2.24) is 5.43 Å². The molecule has 2 rings (SSSR count). The third-order valence-corrected chi connectivity index (χ3v) is 4.59. The first-order chi connectivity index (χ1) is 14.9. The first kappa shape index (κ1) is 23.9. The minimum Gasteiger partial charge on any atom is -0.497 e. The van der Waals surface area contributed by atoms with Gasteiger partial charge in [0.15, 0.2) is 5.75 Å². The maximum absolute atomic E-state index is 12.2. The average molecular weight is 450 g/mol. The number of amides is 1. The lowest BCUT2D eigenvalue weighted by molar-refractivity contribution is -0.386. The van der Waals surface area contributed by atoms with Crippen LogP contribution < -0.4 is 19.6 Å². The summed E-state index contributed by atoms with van der Waals surface area (Å²) in [4.78, 5) is 23.1. The Morgan fingerprint density at radius 2 is 2.03 bits per heavy atom. The smallest absolute Gasteiger partial charge is 0.315 e. The van der Waals surface area contributed by atoms with Gasteiger partial charge in [-0.1, -0.05) is 24.9 Å². The summed E-state index contributed by atoms with van der Waals surface area (Å²) in [6.45, 7) is 2.33. The van der Waals surface area contributed by atoms with E-state index in [1.165, 1.54) is 26.5 Å². The number of nitro benzene ring substituents is 1. The quantitative estimate of drug-likeness (QED) is 0.239. The third kappa shape index (κ3) is 6.85. The molecular weight excluding hydrogens is 426 g/mol. The summed E-state index contributed by atoms with van der Waals surface area (Å²) in [6.07, 6.45) is 2.92. The van der Waals surface area contributed by atoms with Crippen molar-refractivity contribution in [2.24, 2.45) is 5.10 Å². The first-order valence-electron chi connectivity index (χ1n) is 9.53. The number of carbonyl (C=O) groups is 1. The van der Waals surface area contributed by atoms with Crippen molar-refractivity contribution >= 4 is 29.4 Å². The number of benzene rings is 2. The number of methoxy groups -OCH3 is 2. The number of nitrogens with zero attached hydrogens (tertiary/aromatic N) is 2. The molecule has 0 heterocycles. The molecule has 10 heteroatoms. The van der Waals surface area contributed by atoms with Crippen LogP contribution in [0.3, 0.4) is 0 Å². The van der Waals surface area contributed by atoms with Crippen LogP contribution in [-0.2, 0) is 11.2 Å². The van der Waals surface area contributed by atoms with E-state index in [-0.39, 0.29) is 23.6 Å². The van der Waals surface area contributed by atoms with Gasteiger partial charge in [-0.3, -0.25) is 14.9 Å². The number of halogens is 1. The number of hydrazone groups is 1. The fourth-order valence-electron chi connectivity index (χ4n) is 2.64. The van der Waals surface area contributed by atoms with Crippen LogP contribution in [0.1, 0.15) is 30.9 Å². The zero-order valence-corrected chi connectivity index (χ0v) is 18.3. The summed E-state index contributed by atoms with van der Waals surface area (Å²) in [6, 6.07) is 7.85. The predicted molar refractivity (Wildman–Crippen MR) is 117 cm³/mol. The molecule has 2 aromatic carbocycles.